The van der Waals surface area contributed by atoms with E-state index in [0.29, 0.717) is 47.1 Å². The molecule has 0 aromatic carbocycles. The lowest BCUT2D eigenvalue weighted by atomic mass is 9.63. The van der Waals surface area contributed by atoms with E-state index in [4.69, 9.17) is 0 Å². The first-order chi connectivity index (χ1) is 6.27. The SMILES string of the molecule is O=C1CC2CC3C1CC1C(=O)C2C13. The molecule has 0 amide bonds. The van der Waals surface area contributed by atoms with Crippen LogP contribution in [0.3, 0.4) is 0 Å². The van der Waals surface area contributed by atoms with Crippen molar-refractivity contribution in [1.82, 2.24) is 0 Å². The van der Waals surface area contributed by atoms with Crippen LogP contribution in [0.15, 0.2) is 0 Å². The number of carbonyl (C=O) groups is 2. The normalized spacial score (nSPS) is 61.2. The van der Waals surface area contributed by atoms with Gasteiger partial charge in [-0.05, 0) is 30.6 Å². The van der Waals surface area contributed by atoms with Gasteiger partial charge in [0.2, 0.25) is 0 Å². The number of hydrogen-bond donors (Lipinski definition) is 0. The molecule has 2 heteroatoms. The Labute approximate surface area is 76.7 Å². The number of ketones is 2. The third-order valence-corrected chi connectivity index (χ3v) is 5.05. The Morgan fingerprint density at radius 3 is 2.77 bits per heavy atom. The molecule has 0 aromatic heterocycles. The number of hydrogen-bond acceptors (Lipinski definition) is 2. The number of rotatable bonds is 0. The van der Waals surface area contributed by atoms with Crippen LogP contribution in [0.1, 0.15) is 19.3 Å². The largest absolute Gasteiger partial charge is 0.299 e. The Hall–Kier alpha value is -0.660. The Morgan fingerprint density at radius 1 is 1.08 bits per heavy atom. The minimum atomic E-state index is 0.294. The summed E-state index contributed by atoms with van der Waals surface area (Å²) in [6, 6.07) is 0. The Kier molecular flexibility index (Phi) is 0.907. The molecule has 4 aliphatic carbocycles. The fourth-order valence-electron chi connectivity index (χ4n) is 4.67. The summed E-state index contributed by atoms with van der Waals surface area (Å²) in [5.41, 5.74) is 0. The maximum Gasteiger partial charge on any atom is 0.139 e. The zero-order chi connectivity index (χ0) is 8.74. The van der Waals surface area contributed by atoms with E-state index < -0.39 is 0 Å². The molecule has 0 N–H and O–H groups in total. The van der Waals surface area contributed by atoms with Crippen molar-refractivity contribution in [3.63, 3.8) is 0 Å². The summed E-state index contributed by atoms with van der Waals surface area (Å²) in [7, 11) is 0. The molecule has 68 valence electrons. The highest BCUT2D eigenvalue weighted by Crippen LogP contribution is 2.67. The third-order valence-electron chi connectivity index (χ3n) is 5.05. The van der Waals surface area contributed by atoms with Crippen LogP contribution in [0.4, 0.5) is 0 Å². The van der Waals surface area contributed by atoms with Crippen LogP contribution in [0, 0.1) is 35.5 Å². The van der Waals surface area contributed by atoms with E-state index in [1.165, 1.54) is 6.42 Å². The molecule has 2 nitrogen and oxygen atoms in total. The zero-order valence-corrected chi connectivity index (χ0v) is 7.40. The standard InChI is InChI=1S/C11H12O2/c12-8-2-4-1-6-5(8)3-7-10(6)9(4)11(7)13/h4-7,9-10H,1-3H2. The van der Waals surface area contributed by atoms with Gasteiger partial charge >= 0.3 is 0 Å². The van der Waals surface area contributed by atoms with E-state index in [2.05, 4.69) is 0 Å². The van der Waals surface area contributed by atoms with Crippen LogP contribution in [-0.4, -0.2) is 11.6 Å². The molecule has 0 spiro atoms. The molecule has 4 aliphatic rings. The molecule has 0 heterocycles. The topological polar surface area (TPSA) is 34.1 Å². The molecule has 4 rings (SSSR count). The van der Waals surface area contributed by atoms with Crippen LogP contribution in [-0.2, 0) is 9.59 Å². The van der Waals surface area contributed by atoms with Crippen molar-refractivity contribution < 1.29 is 9.59 Å². The molecule has 6 atom stereocenters. The summed E-state index contributed by atoms with van der Waals surface area (Å²) in [6.07, 6.45) is 2.82. The summed E-state index contributed by atoms with van der Waals surface area (Å²) in [6.45, 7) is 0. The van der Waals surface area contributed by atoms with E-state index in [1.54, 1.807) is 0 Å². The van der Waals surface area contributed by atoms with Crippen LogP contribution >= 0.6 is 0 Å². The molecule has 6 unspecified atom stereocenters. The molecule has 4 saturated carbocycles. The molecule has 0 aromatic rings. The summed E-state index contributed by atoms with van der Waals surface area (Å²) in [5.74, 6) is 3.65. The van der Waals surface area contributed by atoms with E-state index in [9.17, 15) is 9.59 Å². The van der Waals surface area contributed by atoms with E-state index in [-0.39, 0.29) is 0 Å². The lowest BCUT2D eigenvalue weighted by Gasteiger charge is -2.39. The lowest BCUT2D eigenvalue weighted by Crippen LogP contribution is -2.46. The molecule has 0 radical (unpaired) electrons. The highest BCUT2D eigenvalue weighted by atomic mass is 16.1. The second kappa shape index (κ2) is 1.75. The smallest absolute Gasteiger partial charge is 0.139 e. The van der Waals surface area contributed by atoms with Crippen molar-refractivity contribution in [3.05, 3.63) is 0 Å². The second-order valence-electron chi connectivity index (χ2n) is 5.28. The van der Waals surface area contributed by atoms with Crippen LogP contribution in [0.25, 0.3) is 0 Å². The van der Waals surface area contributed by atoms with Crippen molar-refractivity contribution >= 4 is 11.6 Å². The third kappa shape index (κ3) is 0.527. The quantitative estimate of drug-likeness (QED) is 0.552. The Balaban J connectivity index is 1.89. The van der Waals surface area contributed by atoms with Gasteiger partial charge < -0.3 is 0 Å². The summed E-state index contributed by atoms with van der Waals surface area (Å²) in [4.78, 5) is 23.4. The molecular formula is C11H12O2. The number of fused-ring (bicyclic) bond motifs is 2. The van der Waals surface area contributed by atoms with Gasteiger partial charge in [-0.2, -0.15) is 0 Å². The van der Waals surface area contributed by atoms with Crippen molar-refractivity contribution in [2.24, 2.45) is 35.5 Å². The highest BCUT2D eigenvalue weighted by molar-refractivity contribution is 5.96. The molecule has 0 aliphatic heterocycles. The van der Waals surface area contributed by atoms with E-state index >= 15 is 0 Å². The van der Waals surface area contributed by atoms with Gasteiger partial charge in [0.05, 0.1) is 0 Å². The number of Topliss-reactive ketones (excluding diaryl/α,β-unsaturated/α-hetero) is 2. The monoisotopic (exact) mass is 176 g/mol. The molecule has 13 heavy (non-hydrogen) atoms. The van der Waals surface area contributed by atoms with Crippen molar-refractivity contribution in [3.8, 4) is 0 Å². The number of carbonyl (C=O) groups excluding carboxylic acids is 2. The maximum absolute atomic E-state index is 11.7. The predicted octanol–water partition coefficient (Wildman–Crippen LogP) is 1.05. The van der Waals surface area contributed by atoms with Gasteiger partial charge in [-0.1, -0.05) is 0 Å². The average molecular weight is 176 g/mol. The zero-order valence-electron chi connectivity index (χ0n) is 7.40. The van der Waals surface area contributed by atoms with Crippen LogP contribution in [0.2, 0.25) is 0 Å². The van der Waals surface area contributed by atoms with Gasteiger partial charge in [0, 0.05) is 24.2 Å². The van der Waals surface area contributed by atoms with Gasteiger partial charge in [0.1, 0.15) is 11.6 Å². The fraction of sp³-hybridized carbons (Fsp3) is 0.818. The summed E-state index contributed by atoms with van der Waals surface area (Å²) in [5, 5.41) is 0. The fourth-order valence-corrected chi connectivity index (χ4v) is 4.67. The Morgan fingerprint density at radius 2 is 1.92 bits per heavy atom. The second-order valence-corrected chi connectivity index (χ2v) is 5.28. The van der Waals surface area contributed by atoms with Gasteiger partial charge in [0.25, 0.3) is 0 Å². The maximum atomic E-state index is 11.7. The highest BCUT2D eigenvalue weighted by Gasteiger charge is 2.69. The first kappa shape index (κ1) is 6.74. The van der Waals surface area contributed by atoms with E-state index in [1.807, 2.05) is 0 Å². The van der Waals surface area contributed by atoms with Gasteiger partial charge in [-0.15, -0.1) is 0 Å². The average Bonchev–Trinajstić information content (AvgIpc) is 2.50. The van der Waals surface area contributed by atoms with Crippen LogP contribution in [0.5, 0.6) is 0 Å². The molecule has 0 saturated heterocycles. The van der Waals surface area contributed by atoms with Crippen molar-refractivity contribution in [1.29, 1.82) is 0 Å². The minimum absolute atomic E-state index is 0.294. The lowest BCUT2D eigenvalue weighted by molar-refractivity contribution is -0.143. The van der Waals surface area contributed by atoms with Crippen LogP contribution < -0.4 is 0 Å². The van der Waals surface area contributed by atoms with Gasteiger partial charge in [-0.25, -0.2) is 0 Å². The molecular weight excluding hydrogens is 164 g/mol. The first-order valence-electron chi connectivity index (χ1n) is 5.34. The molecule has 4 fully saturated rings. The summed E-state index contributed by atoms with van der Waals surface area (Å²) < 4.78 is 0. The predicted molar refractivity (Wildman–Crippen MR) is 44.8 cm³/mol. The first-order valence-corrected chi connectivity index (χ1v) is 5.34. The minimum Gasteiger partial charge on any atom is -0.299 e. The van der Waals surface area contributed by atoms with Gasteiger partial charge in [0.15, 0.2) is 0 Å². The van der Waals surface area contributed by atoms with E-state index in [0.717, 1.165) is 12.8 Å². The van der Waals surface area contributed by atoms with Crippen molar-refractivity contribution in [2.45, 2.75) is 19.3 Å². The summed E-state index contributed by atoms with van der Waals surface area (Å²) >= 11 is 0. The van der Waals surface area contributed by atoms with Crippen molar-refractivity contribution in [2.75, 3.05) is 0 Å². The van der Waals surface area contributed by atoms with Gasteiger partial charge in [-0.3, -0.25) is 9.59 Å². The Bertz CT molecular complexity index is 323. The molecule has 2 bridgehead atoms.